The Hall–Kier alpha value is -1.71. The lowest BCUT2D eigenvalue weighted by molar-refractivity contribution is 0.254. The van der Waals surface area contributed by atoms with E-state index in [0.29, 0.717) is 6.61 Å². The van der Waals surface area contributed by atoms with Gasteiger partial charge >= 0.3 is 0 Å². The molecule has 1 atom stereocenters. The molecule has 0 amide bonds. The van der Waals surface area contributed by atoms with Crippen LogP contribution in [0.5, 0.6) is 11.5 Å². The molecule has 0 unspecified atom stereocenters. The molecule has 1 N–H and O–H groups in total. The molecule has 16 heavy (non-hydrogen) atoms. The van der Waals surface area contributed by atoms with Crippen LogP contribution in [0, 0.1) is 0 Å². The summed E-state index contributed by atoms with van der Waals surface area (Å²) >= 11 is 0. The summed E-state index contributed by atoms with van der Waals surface area (Å²) < 4.78 is 11.1. The van der Waals surface area contributed by atoms with Crippen molar-refractivity contribution in [3.05, 3.63) is 23.3 Å². The second-order valence-electron chi connectivity index (χ2n) is 3.81. The number of oxime groups is 1. The van der Waals surface area contributed by atoms with Gasteiger partial charge in [0.25, 0.3) is 0 Å². The van der Waals surface area contributed by atoms with Gasteiger partial charge in [-0.3, -0.25) is 0 Å². The Bertz CT molecular complexity index is 415. The van der Waals surface area contributed by atoms with E-state index in [1.165, 1.54) is 6.21 Å². The van der Waals surface area contributed by atoms with Crippen LogP contribution >= 0.6 is 0 Å². The predicted octanol–water partition coefficient (Wildman–Crippen LogP) is 2.22. The molecule has 0 spiro atoms. The van der Waals surface area contributed by atoms with Crippen molar-refractivity contribution in [1.82, 2.24) is 0 Å². The largest absolute Gasteiger partial charge is 0.493 e. The van der Waals surface area contributed by atoms with Gasteiger partial charge in [-0.2, -0.15) is 0 Å². The molecule has 1 aromatic rings. The maximum absolute atomic E-state index is 8.59. The van der Waals surface area contributed by atoms with Crippen molar-refractivity contribution in [2.24, 2.45) is 5.16 Å². The van der Waals surface area contributed by atoms with E-state index in [1.54, 1.807) is 0 Å². The summed E-state index contributed by atoms with van der Waals surface area (Å²) in [5.41, 5.74) is 1.88. The van der Waals surface area contributed by atoms with Gasteiger partial charge in [0.1, 0.15) is 17.6 Å². The van der Waals surface area contributed by atoms with Crippen LogP contribution in [0.25, 0.3) is 0 Å². The molecule has 0 aromatic heterocycles. The molecule has 0 bridgehead atoms. The second-order valence-corrected chi connectivity index (χ2v) is 3.81. The fourth-order valence-electron chi connectivity index (χ4n) is 1.90. The first kappa shape index (κ1) is 10.8. The van der Waals surface area contributed by atoms with E-state index in [2.05, 4.69) is 5.16 Å². The maximum Gasteiger partial charge on any atom is 0.128 e. The quantitative estimate of drug-likeness (QED) is 0.483. The van der Waals surface area contributed by atoms with Gasteiger partial charge in [0.15, 0.2) is 0 Å². The Kier molecular flexibility index (Phi) is 2.99. The molecule has 0 radical (unpaired) electrons. The zero-order valence-corrected chi connectivity index (χ0v) is 9.43. The van der Waals surface area contributed by atoms with Crippen molar-refractivity contribution >= 4 is 6.21 Å². The summed E-state index contributed by atoms with van der Waals surface area (Å²) in [5.74, 6) is 1.59. The summed E-state index contributed by atoms with van der Waals surface area (Å²) in [6.07, 6.45) is 2.45. The molecule has 0 fully saturated rings. The average Bonchev–Trinajstić information content (AvgIpc) is 2.58. The molecule has 4 heteroatoms. The molecule has 1 aliphatic heterocycles. The highest BCUT2D eigenvalue weighted by Crippen LogP contribution is 2.34. The highest BCUT2D eigenvalue weighted by molar-refractivity contribution is 5.84. The molecule has 4 nitrogen and oxygen atoms in total. The topological polar surface area (TPSA) is 51.0 Å². The monoisotopic (exact) mass is 221 g/mol. The van der Waals surface area contributed by atoms with Crippen LogP contribution < -0.4 is 9.47 Å². The predicted molar refractivity (Wildman–Crippen MR) is 60.8 cm³/mol. The van der Waals surface area contributed by atoms with Gasteiger partial charge in [-0.25, -0.2) is 0 Å². The molecule has 86 valence electrons. The lowest BCUT2D eigenvalue weighted by atomic mass is 10.1. The van der Waals surface area contributed by atoms with Crippen LogP contribution in [0.15, 0.2) is 17.3 Å². The highest BCUT2D eigenvalue weighted by atomic mass is 16.5. The Morgan fingerprint density at radius 3 is 3.12 bits per heavy atom. The standard InChI is InChI=1S/C12H15NO3/c1-3-15-11-5-9-4-8(2)16-12(9)6-10(11)7-13-14/h5-8,14H,3-4H2,1-2H3/b13-7+/t8-/m0/s1. The number of hydrogen-bond acceptors (Lipinski definition) is 4. The minimum Gasteiger partial charge on any atom is -0.493 e. The molecule has 2 rings (SSSR count). The number of ether oxygens (including phenoxy) is 2. The number of hydrogen-bond donors (Lipinski definition) is 1. The maximum atomic E-state index is 8.59. The van der Waals surface area contributed by atoms with E-state index < -0.39 is 0 Å². The van der Waals surface area contributed by atoms with Gasteiger partial charge in [0, 0.05) is 17.5 Å². The molecular formula is C12H15NO3. The van der Waals surface area contributed by atoms with Crippen LogP contribution in [0.1, 0.15) is 25.0 Å². The SMILES string of the molecule is CCOc1cc2c(cc1/C=N/O)O[C@@H](C)C2. The Balaban J connectivity index is 2.40. The van der Waals surface area contributed by atoms with Crippen LogP contribution in [-0.2, 0) is 6.42 Å². The minimum absolute atomic E-state index is 0.200. The van der Waals surface area contributed by atoms with Crippen molar-refractivity contribution in [2.45, 2.75) is 26.4 Å². The zero-order valence-electron chi connectivity index (χ0n) is 9.43. The van der Waals surface area contributed by atoms with E-state index in [-0.39, 0.29) is 6.10 Å². The lowest BCUT2D eigenvalue weighted by Crippen LogP contribution is -2.05. The van der Waals surface area contributed by atoms with Crippen LogP contribution in [-0.4, -0.2) is 24.1 Å². The fraction of sp³-hybridized carbons (Fsp3) is 0.417. The molecule has 0 aliphatic carbocycles. The molecule has 1 heterocycles. The van der Waals surface area contributed by atoms with Gasteiger partial charge in [0.05, 0.1) is 12.8 Å². The second kappa shape index (κ2) is 4.43. The van der Waals surface area contributed by atoms with Gasteiger partial charge in [0.2, 0.25) is 0 Å². The smallest absolute Gasteiger partial charge is 0.128 e. The van der Waals surface area contributed by atoms with Gasteiger partial charge in [-0.15, -0.1) is 0 Å². The van der Waals surface area contributed by atoms with Gasteiger partial charge < -0.3 is 14.7 Å². The van der Waals surface area contributed by atoms with Crippen LogP contribution in [0.4, 0.5) is 0 Å². The molecule has 1 aliphatic rings. The van der Waals surface area contributed by atoms with E-state index in [0.717, 1.165) is 29.0 Å². The lowest BCUT2D eigenvalue weighted by Gasteiger charge is -2.09. The van der Waals surface area contributed by atoms with E-state index in [1.807, 2.05) is 26.0 Å². The van der Waals surface area contributed by atoms with Gasteiger partial charge in [-0.05, 0) is 26.0 Å². The molecule has 0 saturated heterocycles. The number of nitrogens with zero attached hydrogens (tertiary/aromatic N) is 1. The zero-order chi connectivity index (χ0) is 11.5. The summed E-state index contributed by atoms with van der Waals surface area (Å²) in [6, 6.07) is 3.81. The molecular weight excluding hydrogens is 206 g/mol. The Morgan fingerprint density at radius 1 is 1.62 bits per heavy atom. The summed E-state index contributed by atoms with van der Waals surface area (Å²) in [4.78, 5) is 0. The first-order valence-corrected chi connectivity index (χ1v) is 5.38. The van der Waals surface area contributed by atoms with Crippen molar-refractivity contribution in [3.63, 3.8) is 0 Å². The first-order chi connectivity index (χ1) is 7.74. The Morgan fingerprint density at radius 2 is 2.44 bits per heavy atom. The Labute approximate surface area is 94.5 Å². The summed E-state index contributed by atoms with van der Waals surface area (Å²) in [7, 11) is 0. The third-order valence-electron chi connectivity index (χ3n) is 2.53. The molecule has 1 aromatic carbocycles. The van der Waals surface area contributed by atoms with E-state index in [9.17, 15) is 0 Å². The number of rotatable bonds is 3. The number of benzene rings is 1. The normalized spacial score (nSPS) is 18.5. The van der Waals surface area contributed by atoms with Crippen molar-refractivity contribution in [3.8, 4) is 11.5 Å². The van der Waals surface area contributed by atoms with Crippen LogP contribution in [0.3, 0.4) is 0 Å². The van der Waals surface area contributed by atoms with Gasteiger partial charge in [-0.1, -0.05) is 5.16 Å². The van der Waals surface area contributed by atoms with Crippen molar-refractivity contribution < 1.29 is 14.7 Å². The van der Waals surface area contributed by atoms with Crippen LogP contribution in [0.2, 0.25) is 0 Å². The van der Waals surface area contributed by atoms with E-state index >= 15 is 0 Å². The average molecular weight is 221 g/mol. The number of fused-ring (bicyclic) bond motifs is 1. The van der Waals surface area contributed by atoms with Crippen molar-refractivity contribution in [1.29, 1.82) is 0 Å². The summed E-state index contributed by atoms with van der Waals surface area (Å²) in [5, 5.41) is 11.6. The highest BCUT2D eigenvalue weighted by Gasteiger charge is 2.21. The fourth-order valence-corrected chi connectivity index (χ4v) is 1.90. The minimum atomic E-state index is 0.200. The van der Waals surface area contributed by atoms with E-state index in [4.69, 9.17) is 14.7 Å². The third-order valence-corrected chi connectivity index (χ3v) is 2.53. The first-order valence-electron chi connectivity index (χ1n) is 5.38. The summed E-state index contributed by atoms with van der Waals surface area (Å²) in [6.45, 7) is 4.54. The molecule has 0 saturated carbocycles. The third kappa shape index (κ3) is 1.96. The van der Waals surface area contributed by atoms with Crippen molar-refractivity contribution in [2.75, 3.05) is 6.61 Å².